The molecule has 1 fully saturated rings. The van der Waals surface area contributed by atoms with Gasteiger partial charge in [0.15, 0.2) is 5.95 Å². The molecule has 0 spiro atoms. The summed E-state index contributed by atoms with van der Waals surface area (Å²) in [5.41, 5.74) is 2.76. The summed E-state index contributed by atoms with van der Waals surface area (Å²) in [6.45, 7) is 7.62. The number of aromatic nitrogens is 3. The number of amides is 4. The minimum atomic E-state index is -1.83. The Morgan fingerprint density at radius 1 is 0.670 bits per heavy atom. The summed E-state index contributed by atoms with van der Waals surface area (Å²) in [5.74, 6) is -1.36. The maximum Gasteiger partial charge on any atom is 0.409 e. The van der Waals surface area contributed by atoms with Crippen LogP contribution >= 0.6 is 0 Å². The quantitative estimate of drug-likeness (QED) is 0.0219. The van der Waals surface area contributed by atoms with E-state index in [2.05, 4.69) is 36.0 Å². The molecule has 28 nitrogen and oxygen atoms in total. The molecule has 0 radical (unpaired) electrons. The van der Waals surface area contributed by atoms with Crippen LogP contribution in [0, 0.1) is 0 Å². The second kappa shape index (κ2) is 41.7. The van der Waals surface area contributed by atoms with E-state index in [9.17, 15) is 42.0 Å². The Labute approximate surface area is 536 Å². The summed E-state index contributed by atoms with van der Waals surface area (Å²) >= 11 is 0. The minimum absolute atomic E-state index is 0. The number of nitrogens with zero attached hydrogens (tertiary/aromatic N) is 6. The van der Waals surface area contributed by atoms with E-state index in [-0.39, 0.29) is 64.7 Å². The molecule has 0 saturated carbocycles. The zero-order valence-electron chi connectivity index (χ0n) is 52.2. The van der Waals surface area contributed by atoms with Crippen LogP contribution in [0.4, 0.5) is 15.5 Å². The molecule has 3 atom stereocenters. The van der Waals surface area contributed by atoms with E-state index in [0.29, 0.717) is 107 Å². The first-order valence-electron chi connectivity index (χ1n) is 29.2. The van der Waals surface area contributed by atoms with Gasteiger partial charge >= 0.3 is 24.1 Å². The van der Waals surface area contributed by atoms with Crippen LogP contribution in [0.3, 0.4) is 0 Å². The summed E-state index contributed by atoms with van der Waals surface area (Å²) in [6, 6.07) is 18.4. The van der Waals surface area contributed by atoms with E-state index < -0.39 is 63.3 Å². The van der Waals surface area contributed by atoms with Gasteiger partial charge < -0.3 is 73.8 Å². The smallest absolute Gasteiger partial charge is 0.409 e. The van der Waals surface area contributed by atoms with Crippen LogP contribution in [0.25, 0.3) is 22.0 Å². The number of hydrogen-bond acceptors (Lipinski definition) is 21. The van der Waals surface area contributed by atoms with Crippen LogP contribution < -0.4 is 31.4 Å². The van der Waals surface area contributed by atoms with Gasteiger partial charge in [0, 0.05) is 138 Å². The number of rotatable bonds is 30. The molecule has 502 valence electrons. The van der Waals surface area contributed by atoms with Crippen LogP contribution in [0.1, 0.15) is 36.2 Å². The Kier molecular flexibility index (Phi) is 34.7. The number of benzene rings is 3. The first-order valence-corrected chi connectivity index (χ1v) is 31.9. The number of esters is 2. The summed E-state index contributed by atoms with van der Waals surface area (Å²) in [6.07, 6.45) is 6.97. The minimum Gasteiger partial charge on any atom is -0.468 e. The predicted octanol–water partition coefficient (Wildman–Crippen LogP) is 2.58. The summed E-state index contributed by atoms with van der Waals surface area (Å²) < 4.78 is 65.2. The molecular weight excluding hydrogens is 1220 g/mol. The van der Waals surface area contributed by atoms with Crippen molar-refractivity contribution in [2.24, 2.45) is 7.05 Å². The molecule has 30 heteroatoms. The number of pyridine rings is 1. The monoisotopic (exact) mass is 1310 g/mol. The molecule has 6 N–H and O–H groups in total. The molecule has 3 aromatic carbocycles. The third-order valence-electron chi connectivity index (χ3n) is 14.1. The van der Waals surface area contributed by atoms with Gasteiger partial charge in [0.2, 0.25) is 11.3 Å². The van der Waals surface area contributed by atoms with Crippen LogP contribution in [-0.4, -0.2) is 251 Å². The average Bonchev–Trinajstić information content (AvgIpc) is 1.02. The Balaban J connectivity index is 0.000000385. The molecule has 4 amide bonds. The number of methoxy groups -OCH3 is 4. The number of aryl methyl sites for hydroxylation is 1. The maximum absolute atomic E-state index is 13.3. The van der Waals surface area contributed by atoms with Crippen molar-refractivity contribution in [3.8, 4) is 11.1 Å². The standard InChI is InChI=1S/C32H32N6O6S2.C28H54N6O10.CH4/c1-38-19-26(29(39)25-13-4-20(16-28(25)38)17-36-32-33-14-15-34-32)30(40)35-18-27(31(41)44-2)37-46(43)24-11-7-22(8-12-24)21-5-9-23(10-6-21)45(3)42;1-29-7-5-17-42-19-21-44-22-20-43-18-6-8-30-25(35)23-31-9-10-32(24-26(36)39-2)12-14-34(28(38)41-4)16-15-33(13-11-31)27(37)40-3;/h4-16,19,27,37H,17-18H2,1-3H3,(H,35,40)(H2,33,34,36);29H,5-24H2,1-4H3,(H,30,35);1H4/t27-,45?,46?;;/m0../s1. The molecule has 0 bridgehead atoms. The van der Waals surface area contributed by atoms with Gasteiger partial charge in [0.05, 0.1) is 78.4 Å². The fraction of sp³-hybridized carbons (Fsp3) is 0.508. The van der Waals surface area contributed by atoms with Crippen molar-refractivity contribution in [3.63, 3.8) is 0 Å². The van der Waals surface area contributed by atoms with E-state index in [0.717, 1.165) is 34.6 Å². The lowest BCUT2D eigenvalue weighted by Crippen LogP contribution is -2.50. The lowest BCUT2D eigenvalue weighted by atomic mass is 10.1. The number of ether oxygens (including phenoxy) is 7. The van der Waals surface area contributed by atoms with E-state index in [1.165, 1.54) is 44.4 Å². The van der Waals surface area contributed by atoms with Crippen molar-refractivity contribution in [1.29, 1.82) is 0 Å². The Morgan fingerprint density at radius 2 is 1.22 bits per heavy atom. The molecule has 1 aliphatic rings. The van der Waals surface area contributed by atoms with Crippen LogP contribution in [0.5, 0.6) is 0 Å². The van der Waals surface area contributed by atoms with Gasteiger partial charge in [-0.15, -0.1) is 0 Å². The SMILES string of the molecule is C.CNCCCOCCOCCOCCCNC(=O)CN1CCN(CC(=O)OC)CCN(C(=O)OC)CCN(C(=O)OC)CC1.COC(=O)[C@H](CNC(=O)c1cn(C)c2cc(CNc3ncc[nH]3)ccc2c1=O)NS(=O)c1ccc(-c2ccc(S(C)=O)cc2)cc1. The van der Waals surface area contributed by atoms with Gasteiger partial charge in [-0.05, 0) is 79.5 Å². The number of carbonyl (C=O) groups excluding carboxylic acids is 6. The number of imidazole rings is 1. The lowest BCUT2D eigenvalue weighted by molar-refractivity contribution is -0.143. The average molecular weight is 1310 g/mol. The highest BCUT2D eigenvalue weighted by atomic mass is 32.2. The summed E-state index contributed by atoms with van der Waals surface area (Å²) in [4.78, 5) is 103. The molecule has 91 heavy (non-hydrogen) atoms. The molecule has 3 heterocycles. The van der Waals surface area contributed by atoms with Gasteiger partial charge in [-0.25, -0.2) is 23.5 Å². The van der Waals surface area contributed by atoms with E-state index in [1.807, 2.05) is 35.0 Å². The van der Waals surface area contributed by atoms with Crippen molar-refractivity contribution in [3.05, 3.63) is 107 Å². The highest BCUT2D eigenvalue weighted by Crippen LogP contribution is 2.22. The fourth-order valence-electron chi connectivity index (χ4n) is 9.00. The molecule has 1 aliphatic heterocycles. The highest BCUT2D eigenvalue weighted by molar-refractivity contribution is 7.84. The molecular formula is C61H90N12O16S2. The van der Waals surface area contributed by atoms with Gasteiger partial charge in [-0.2, -0.15) is 0 Å². The van der Waals surface area contributed by atoms with Crippen molar-refractivity contribution in [2.75, 3.05) is 172 Å². The third kappa shape index (κ3) is 26.2. The van der Waals surface area contributed by atoms with E-state index in [1.54, 1.807) is 78.8 Å². The first kappa shape index (κ1) is 75.8. The number of aromatic amines is 1. The zero-order valence-corrected chi connectivity index (χ0v) is 53.9. The van der Waals surface area contributed by atoms with Crippen molar-refractivity contribution < 1.29 is 70.3 Å². The Morgan fingerprint density at radius 3 is 1.76 bits per heavy atom. The number of H-pyrrole nitrogens is 1. The molecule has 0 aliphatic carbocycles. The lowest BCUT2D eigenvalue weighted by Gasteiger charge is -2.33. The summed E-state index contributed by atoms with van der Waals surface area (Å²) in [7, 11) is 5.84. The predicted molar refractivity (Wildman–Crippen MR) is 345 cm³/mol. The van der Waals surface area contributed by atoms with Crippen molar-refractivity contribution in [1.82, 2.24) is 54.8 Å². The highest BCUT2D eigenvalue weighted by Gasteiger charge is 2.26. The largest absolute Gasteiger partial charge is 0.468 e. The van der Waals surface area contributed by atoms with Crippen LogP contribution in [-0.2, 0) is 82.9 Å². The Bertz CT molecular complexity index is 3160. The van der Waals surface area contributed by atoms with Crippen LogP contribution in [0.15, 0.2) is 99.9 Å². The second-order valence-corrected chi connectivity index (χ2v) is 23.0. The number of fused-ring (bicyclic) bond motifs is 1. The number of anilines is 1. The second-order valence-electron chi connectivity index (χ2n) is 20.3. The molecule has 5 aromatic rings. The van der Waals surface area contributed by atoms with Gasteiger partial charge in [-0.3, -0.25) is 38.0 Å². The normalized spacial score (nSPS) is 14.2. The zero-order chi connectivity index (χ0) is 65.2. The number of carbonyl (C=O) groups is 6. The first-order chi connectivity index (χ1) is 43.5. The molecule has 6 rings (SSSR count). The van der Waals surface area contributed by atoms with Gasteiger partial charge in [-0.1, -0.05) is 37.8 Å². The maximum atomic E-state index is 13.3. The van der Waals surface area contributed by atoms with Crippen molar-refractivity contribution in [2.45, 2.75) is 42.6 Å². The molecule has 2 unspecified atom stereocenters. The molecule has 1 saturated heterocycles. The Hall–Kier alpha value is -7.68. The fourth-order valence-corrected chi connectivity index (χ4v) is 10.5. The third-order valence-corrected chi connectivity index (χ3v) is 16.2. The van der Waals surface area contributed by atoms with Crippen LogP contribution in [0.2, 0.25) is 0 Å². The van der Waals surface area contributed by atoms with Gasteiger partial charge in [0.25, 0.3) is 5.91 Å². The van der Waals surface area contributed by atoms with Gasteiger partial charge in [0.1, 0.15) is 22.6 Å². The topological polar surface area (TPSA) is 325 Å². The summed E-state index contributed by atoms with van der Waals surface area (Å²) in [5, 5.41) is 12.1. The van der Waals surface area contributed by atoms with E-state index in [4.69, 9.17) is 33.2 Å². The molecule has 2 aromatic heterocycles. The van der Waals surface area contributed by atoms with Crippen molar-refractivity contribution >= 4 is 74.6 Å². The number of nitrogens with one attached hydrogen (secondary N) is 6. The number of hydrogen-bond donors (Lipinski definition) is 6. The van der Waals surface area contributed by atoms with E-state index >= 15 is 0 Å².